The Morgan fingerprint density at radius 1 is 1.45 bits per heavy atom. The number of carbonyl (C=O) groups excluding carboxylic acids is 3. The van der Waals surface area contributed by atoms with Crippen LogP contribution < -0.4 is 0 Å². The van der Waals surface area contributed by atoms with Gasteiger partial charge in [0.25, 0.3) is 0 Å². The molecule has 2 amide bonds. The standard InChI is InChI=1S/C21H32N2O6/c1-4-7-11-22(10-5-2)19(26)17-21-9-8-14(29-21)15(20(27)28-6-3)16(21)18(25)23(17)12-13-24/h5,14-17,24H,2,4,6-13H2,1,3H3/t14-,15+,16+,17-,21+/m1/s1. The van der Waals surface area contributed by atoms with E-state index in [-0.39, 0.29) is 31.6 Å². The topological polar surface area (TPSA) is 96.4 Å². The van der Waals surface area contributed by atoms with Gasteiger partial charge in [-0.15, -0.1) is 6.58 Å². The van der Waals surface area contributed by atoms with Crippen LogP contribution in [0.4, 0.5) is 0 Å². The van der Waals surface area contributed by atoms with Gasteiger partial charge < -0.3 is 24.4 Å². The van der Waals surface area contributed by atoms with Gasteiger partial charge in [-0.3, -0.25) is 14.4 Å². The summed E-state index contributed by atoms with van der Waals surface area (Å²) in [4.78, 5) is 42.7. The summed E-state index contributed by atoms with van der Waals surface area (Å²) in [5, 5.41) is 9.55. The highest BCUT2D eigenvalue weighted by Gasteiger charge is 2.74. The summed E-state index contributed by atoms with van der Waals surface area (Å²) in [7, 11) is 0. The van der Waals surface area contributed by atoms with Crippen LogP contribution >= 0.6 is 0 Å². The van der Waals surface area contributed by atoms with Crippen LogP contribution in [0.2, 0.25) is 0 Å². The van der Waals surface area contributed by atoms with Gasteiger partial charge in [0.05, 0.1) is 31.2 Å². The Hall–Kier alpha value is -1.93. The number of unbranched alkanes of at least 4 members (excludes halogenated alkanes) is 1. The number of amides is 2. The van der Waals surface area contributed by atoms with Gasteiger partial charge in [-0.2, -0.15) is 0 Å². The maximum Gasteiger partial charge on any atom is 0.312 e. The molecule has 3 fully saturated rings. The molecule has 0 unspecified atom stereocenters. The number of β-amino-alcohol motifs (C(OH)–C–C–N with tert-alkyl or cyclic N) is 1. The third-order valence-corrected chi connectivity index (χ3v) is 6.38. The predicted molar refractivity (Wildman–Crippen MR) is 105 cm³/mol. The first-order valence-corrected chi connectivity index (χ1v) is 10.6. The summed E-state index contributed by atoms with van der Waals surface area (Å²) in [6, 6.07) is -0.839. The number of ether oxygens (including phenoxy) is 2. The molecular formula is C21H32N2O6. The zero-order valence-electron chi connectivity index (χ0n) is 17.3. The van der Waals surface area contributed by atoms with Gasteiger partial charge in [-0.1, -0.05) is 19.4 Å². The lowest BCUT2D eigenvalue weighted by Gasteiger charge is -2.36. The monoisotopic (exact) mass is 408 g/mol. The van der Waals surface area contributed by atoms with Crippen LogP contribution in [0.25, 0.3) is 0 Å². The molecule has 3 saturated heterocycles. The van der Waals surface area contributed by atoms with E-state index in [2.05, 4.69) is 6.58 Å². The second-order valence-electron chi connectivity index (χ2n) is 7.99. The molecule has 5 atom stereocenters. The van der Waals surface area contributed by atoms with Crippen LogP contribution in [-0.4, -0.2) is 83.3 Å². The first kappa shape index (κ1) is 21.8. The number of hydrogen-bond donors (Lipinski definition) is 1. The molecule has 3 aliphatic rings. The minimum Gasteiger partial charge on any atom is -0.466 e. The Labute approximate surface area is 171 Å². The Kier molecular flexibility index (Phi) is 6.63. The minimum absolute atomic E-state index is 0.0345. The zero-order chi connectivity index (χ0) is 21.2. The Morgan fingerprint density at radius 3 is 2.83 bits per heavy atom. The fraction of sp³-hybridized carbons (Fsp3) is 0.762. The first-order chi connectivity index (χ1) is 14.0. The molecule has 0 saturated carbocycles. The average Bonchev–Trinajstić information content (AvgIpc) is 3.33. The lowest BCUT2D eigenvalue weighted by atomic mass is 9.70. The van der Waals surface area contributed by atoms with Crippen molar-refractivity contribution in [1.29, 1.82) is 0 Å². The van der Waals surface area contributed by atoms with Gasteiger partial charge in [-0.05, 0) is 26.2 Å². The molecule has 3 rings (SSSR count). The van der Waals surface area contributed by atoms with Crippen LogP contribution in [0.1, 0.15) is 39.5 Å². The fourth-order valence-corrected chi connectivity index (χ4v) is 5.26. The lowest BCUT2D eigenvalue weighted by molar-refractivity contribution is -0.155. The smallest absolute Gasteiger partial charge is 0.312 e. The highest BCUT2D eigenvalue weighted by molar-refractivity contribution is 5.98. The van der Waals surface area contributed by atoms with Crippen molar-refractivity contribution in [3.05, 3.63) is 12.7 Å². The summed E-state index contributed by atoms with van der Waals surface area (Å²) >= 11 is 0. The molecule has 8 nitrogen and oxygen atoms in total. The maximum atomic E-state index is 13.6. The summed E-state index contributed by atoms with van der Waals surface area (Å²) in [5.41, 5.74) is -1.03. The van der Waals surface area contributed by atoms with E-state index in [4.69, 9.17) is 9.47 Å². The molecule has 3 heterocycles. The van der Waals surface area contributed by atoms with Crippen molar-refractivity contribution >= 4 is 17.8 Å². The van der Waals surface area contributed by atoms with E-state index in [1.165, 1.54) is 4.90 Å². The molecule has 2 bridgehead atoms. The third kappa shape index (κ3) is 3.46. The van der Waals surface area contributed by atoms with Crippen molar-refractivity contribution in [2.45, 2.75) is 57.3 Å². The van der Waals surface area contributed by atoms with E-state index in [0.717, 1.165) is 12.8 Å². The van der Waals surface area contributed by atoms with Crippen LogP contribution in [0.15, 0.2) is 12.7 Å². The van der Waals surface area contributed by atoms with Crippen molar-refractivity contribution < 1.29 is 29.0 Å². The Bertz CT molecular complexity index is 668. The highest BCUT2D eigenvalue weighted by Crippen LogP contribution is 2.58. The van der Waals surface area contributed by atoms with Gasteiger partial charge >= 0.3 is 5.97 Å². The zero-order valence-corrected chi connectivity index (χ0v) is 17.3. The molecule has 8 heteroatoms. The van der Waals surface area contributed by atoms with Gasteiger partial charge in [0, 0.05) is 19.6 Å². The highest BCUT2D eigenvalue weighted by atomic mass is 16.6. The minimum atomic E-state index is -1.03. The SMILES string of the molecule is C=CCN(CCCC)C(=O)[C@H]1N(CCO)C(=O)[C@@H]2[C@@H](C(=O)OCC)[C@H]3CC[C@]21O3. The van der Waals surface area contributed by atoms with Gasteiger partial charge in [0.1, 0.15) is 11.6 Å². The number of fused-ring (bicyclic) bond motifs is 1. The van der Waals surface area contributed by atoms with E-state index >= 15 is 0 Å². The molecule has 0 aromatic heterocycles. The summed E-state index contributed by atoms with van der Waals surface area (Å²) in [6.45, 7) is 8.46. The number of aliphatic hydroxyl groups excluding tert-OH is 1. The number of aliphatic hydroxyl groups is 1. The number of likely N-dealkylation sites (tertiary alicyclic amines) is 1. The van der Waals surface area contributed by atoms with Crippen molar-refractivity contribution in [3.63, 3.8) is 0 Å². The second kappa shape index (κ2) is 8.83. The molecule has 29 heavy (non-hydrogen) atoms. The van der Waals surface area contributed by atoms with E-state index in [9.17, 15) is 19.5 Å². The first-order valence-electron chi connectivity index (χ1n) is 10.6. The van der Waals surface area contributed by atoms with E-state index in [1.807, 2.05) is 6.92 Å². The number of rotatable bonds is 10. The molecule has 0 aromatic rings. The molecule has 1 N–H and O–H groups in total. The van der Waals surface area contributed by atoms with Crippen LogP contribution in [0.3, 0.4) is 0 Å². The predicted octanol–water partition coefficient (Wildman–Crippen LogP) is 0.731. The van der Waals surface area contributed by atoms with Crippen LogP contribution in [-0.2, 0) is 23.9 Å². The fourth-order valence-electron chi connectivity index (χ4n) is 5.26. The largest absolute Gasteiger partial charge is 0.466 e. The number of carbonyl (C=O) groups is 3. The van der Waals surface area contributed by atoms with E-state index in [0.29, 0.717) is 25.9 Å². The van der Waals surface area contributed by atoms with E-state index < -0.39 is 35.6 Å². The third-order valence-electron chi connectivity index (χ3n) is 6.38. The van der Waals surface area contributed by atoms with Crippen LogP contribution in [0, 0.1) is 11.8 Å². The molecular weight excluding hydrogens is 376 g/mol. The van der Waals surface area contributed by atoms with Crippen molar-refractivity contribution in [2.75, 3.05) is 32.8 Å². The summed E-state index contributed by atoms with van der Waals surface area (Å²) in [6.07, 6.45) is 4.19. The van der Waals surface area contributed by atoms with Crippen molar-refractivity contribution in [3.8, 4) is 0 Å². The Morgan fingerprint density at radius 2 is 2.21 bits per heavy atom. The van der Waals surface area contributed by atoms with Crippen molar-refractivity contribution in [2.24, 2.45) is 11.8 Å². The van der Waals surface area contributed by atoms with Gasteiger partial charge in [0.15, 0.2) is 0 Å². The second-order valence-corrected chi connectivity index (χ2v) is 7.99. The van der Waals surface area contributed by atoms with Gasteiger partial charge in [-0.25, -0.2) is 0 Å². The number of esters is 1. The maximum absolute atomic E-state index is 13.6. The average molecular weight is 408 g/mol. The van der Waals surface area contributed by atoms with Crippen molar-refractivity contribution in [1.82, 2.24) is 9.80 Å². The van der Waals surface area contributed by atoms with Crippen LogP contribution in [0.5, 0.6) is 0 Å². The molecule has 1 spiro atoms. The molecule has 0 aliphatic carbocycles. The number of nitrogens with zero attached hydrogens (tertiary/aromatic N) is 2. The Balaban J connectivity index is 1.97. The number of hydrogen-bond acceptors (Lipinski definition) is 6. The lowest BCUT2D eigenvalue weighted by Crippen LogP contribution is -2.56. The van der Waals surface area contributed by atoms with E-state index in [1.54, 1.807) is 17.9 Å². The normalized spacial score (nSPS) is 32.4. The molecule has 3 aliphatic heterocycles. The quantitative estimate of drug-likeness (QED) is 0.423. The molecule has 0 radical (unpaired) electrons. The molecule has 162 valence electrons. The molecule has 0 aromatic carbocycles. The summed E-state index contributed by atoms with van der Waals surface area (Å²) < 4.78 is 11.5. The summed E-state index contributed by atoms with van der Waals surface area (Å²) in [5.74, 6) is -2.38. The van der Waals surface area contributed by atoms with Gasteiger partial charge in [0.2, 0.25) is 11.8 Å².